The lowest BCUT2D eigenvalue weighted by Crippen LogP contribution is -2.71. The maximum atomic E-state index is 18.0. The lowest BCUT2D eigenvalue weighted by molar-refractivity contribution is -0.234. The molecule has 1 saturated heterocycles. The highest BCUT2D eigenvalue weighted by Crippen LogP contribution is 2.72. The van der Waals surface area contributed by atoms with Crippen molar-refractivity contribution in [1.29, 1.82) is 0 Å². The Morgan fingerprint density at radius 3 is 2.10 bits per heavy atom. The van der Waals surface area contributed by atoms with Crippen molar-refractivity contribution in [1.82, 2.24) is 26.6 Å². The minimum absolute atomic E-state index is 0.00139. The average molecular weight is 1540 g/mol. The number of nitrogens with two attached hydrogens (primary N) is 1. The molecule has 0 radical (unpaired) electrons. The van der Waals surface area contributed by atoms with E-state index >= 15 is 8.78 Å². The molecular weight excluding hydrogens is 1440 g/mol. The maximum Gasteiger partial charge on any atom is 0.407 e. The number of anilines is 2. The molecule has 4 aromatic carbocycles. The number of halogens is 2. The zero-order valence-electron chi connectivity index (χ0n) is 63.2. The van der Waals surface area contributed by atoms with Crippen molar-refractivity contribution in [3.63, 3.8) is 0 Å². The maximum absolute atomic E-state index is 18.0. The molecule has 0 aromatic heterocycles. The molecule has 596 valence electrons. The second-order valence-electron chi connectivity index (χ2n) is 29.3. The van der Waals surface area contributed by atoms with E-state index < -0.39 is 131 Å². The normalized spacial score (nSPS) is 24.3. The zero-order chi connectivity index (χ0) is 79.5. The first-order valence-corrected chi connectivity index (χ1v) is 37.9. The van der Waals surface area contributed by atoms with Crippen molar-refractivity contribution in [3.05, 3.63) is 154 Å². The summed E-state index contributed by atoms with van der Waals surface area (Å²) in [5, 5.41) is 28.1. The summed E-state index contributed by atoms with van der Waals surface area (Å²) in [7, 11) is 0. The van der Waals surface area contributed by atoms with Gasteiger partial charge in [0.15, 0.2) is 29.9 Å². The lowest BCUT2D eigenvalue weighted by Gasteiger charge is -2.63. The van der Waals surface area contributed by atoms with E-state index in [1.807, 2.05) is 55.5 Å². The van der Waals surface area contributed by atoms with Crippen molar-refractivity contribution in [2.24, 2.45) is 34.3 Å². The van der Waals surface area contributed by atoms with Gasteiger partial charge in [-0.05, 0) is 134 Å². The molecule has 4 aliphatic carbocycles. The molecule has 8 amide bonds. The van der Waals surface area contributed by atoms with Gasteiger partial charge in [0.25, 0.3) is 0 Å². The summed E-state index contributed by atoms with van der Waals surface area (Å²) < 4.78 is 80.4. The van der Waals surface area contributed by atoms with Crippen LogP contribution in [0.15, 0.2) is 121 Å². The number of para-hydroxylation sites is 1. The summed E-state index contributed by atoms with van der Waals surface area (Å²) in [5.41, 5.74) is 2.98. The number of aliphatic hydroxyl groups excluding tert-OH is 1. The predicted octanol–water partition coefficient (Wildman–Crippen LogP) is 7.36. The minimum atomic E-state index is -2.39. The molecule has 4 aromatic rings. The standard InChI is InChI=1S/C82H100F2N8O19/c1-6-12-72-110-68-45-60-61-44-63(83)62-43-59(93)30-32-79(62,4)81(61,84)66(94)46-80(60,5)82(68,111-72)67(95)50-108-76(101)56-22-18-52(19-23-56)47-88-78(103)109-49-53-20-26-58(27-21-53)89-74(99)64(16-11-33-87-77(85)102)90-75(100)73(51(2)3)91-70(97)31-35-104-37-39-106-41-42-107-40-38-105-36-34-86-69(96)28-29-71(98)92-48-57-15-8-7-13-54(57)24-25-55-14-9-10-17-65(55)92/h7-10,13-15,17-23,26-27,30,32,43,51,60-61,63-64,66,68,72-73,94H,6,11-12,16,28-29,31,33-42,44-50H2,1-5H3,(H,86,96)(H,88,103)(H,89,99)(H,90,100)(H,91,97)(H3,85,87,102)/t60-,61-,63-,64-,66-,68+,72?,73-,79-,80-,81-,82+/m0/s1. The number of allylic oxidation sites excluding steroid dienone is 4. The molecule has 12 atom stereocenters. The van der Waals surface area contributed by atoms with E-state index in [2.05, 4.69) is 43.7 Å². The Kier molecular flexibility index (Phi) is 29.0. The number of ketones is 2. The molecule has 29 heteroatoms. The smallest absolute Gasteiger partial charge is 0.407 e. The van der Waals surface area contributed by atoms with Gasteiger partial charge >= 0.3 is 18.1 Å². The van der Waals surface area contributed by atoms with Crippen LogP contribution < -0.4 is 42.5 Å². The zero-order valence-corrected chi connectivity index (χ0v) is 63.2. The molecule has 6 aliphatic rings. The van der Waals surface area contributed by atoms with Crippen LogP contribution >= 0.6 is 0 Å². The van der Waals surface area contributed by atoms with Gasteiger partial charge in [0.05, 0.1) is 82.9 Å². The van der Waals surface area contributed by atoms with Crippen LogP contribution in [-0.4, -0.2) is 185 Å². The van der Waals surface area contributed by atoms with Gasteiger partial charge in [-0.15, -0.1) is 0 Å². The number of Topliss-reactive ketones (excluding diaryl/α,β-unsaturated/α-hetero) is 1. The van der Waals surface area contributed by atoms with Crippen molar-refractivity contribution in [2.75, 3.05) is 82.8 Å². The molecule has 2 aliphatic heterocycles. The van der Waals surface area contributed by atoms with Gasteiger partial charge in [-0.1, -0.05) is 107 Å². The highest BCUT2D eigenvalue weighted by Gasteiger charge is 2.80. The molecule has 1 unspecified atom stereocenters. The molecule has 10 rings (SSSR count). The third-order valence-electron chi connectivity index (χ3n) is 21.7. The number of alkyl halides is 2. The summed E-state index contributed by atoms with van der Waals surface area (Å²) in [4.78, 5) is 133. The minimum Gasteiger partial charge on any atom is -0.454 e. The Bertz CT molecular complexity index is 4150. The fourth-order valence-electron chi connectivity index (χ4n) is 15.9. The molecule has 2 heterocycles. The number of primary amides is 1. The molecule has 0 spiro atoms. The number of carbonyl (C=O) groups is 10. The second-order valence-corrected chi connectivity index (χ2v) is 29.3. The van der Waals surface area contributed by atoms with Crippen LogP contribution in [-0.2, 0) is 91.2 Å². The van der Waals surface area contributed by atoms with Crippen LogP contribution in [0.25, 0.3) is 0 Å². The summed E-state index contributed by atoms with van der Waals surface area (Å²) in [6.07, 6.45) is -1.27. The number of fused-ring (bicyclic) bond motifs is 9. The molecule has 27 nitrogen and oxygen atoms in total. The van der Waals surface area contributed by atoms with E-state index in [0.29, 0.717) is 61.7 Å². The average Bonchev–Trinajstić information content (AvgIpc) is 1.54. The van der Waals surface area contributed by atoms with Crippen molar-refractivity contribution in [2.45, 2.75) is 167 Å². The van der Waals surface area contributed by atoms with Crippen LogP contribution in [0.1, 0.15) is 137 Å². The van der Waals surface area contributed by atoms with E-state index in [0.717, 1.165) is 22.8 Å². The Hall–Kier alpha value is -9.80. The number of aliphatic hydroxyl groups is 1. The summed E-state index contributed by atoms with van der Waals surface area (Å²) in [6.45, 7) is 10.3. The van der Waals surface area contributed by atoms with E-state index in [-0.39, 0.29) is 134 Å². The van der Waals surface area contributed by atoms with Crippen LogP contribution in [0.5, 0.6) is 0 Å². The van der Waals surface area contributed by atoms with E-state index in [1.54, 1.807) is 62.1 Å². The van der Waals surface area contributed by atoms with Crippen LogP contribution in [0, 0.1) is 40.4 Å². The first-order chi connectivity index (χ1) is 53.3. The number of carbonyl (C=O) groups excluding carboxylic acids is 10. The molecule has 3 saturated carbocycles. The fourth-order valence-corrected chi connectivity index (χ4v) is 15.9. The highest BCUT2D eigenvalue weighted by atomic mass is 19.1. The van der Waals surface area contributed by atoms with Gasteiger partial charge in [-0.3, -0.25) is 33.6 Å². The van der Waals surface area contributed by atoms with Gasteiger partial charge < -0.3 is 85.5 Å². The fraction of sp³-hybridized carbons (Fsp3) is 0.512. The van der Waals surface area contributed by atoms with Gasteiger partial charge in [-0.2, -0.15) is 0 Å². The Morgan fingerprint density at radius 1 is 0.730 bits per heavy atom. The molecular formula is C82H100F2N8O19. The van der Waals surface area contributed by atoms with E-state index in [4.69, 9.17) is 43.6 Å². The summed E-state index contributed by atoms with van der Waals surface area (Å²) >= 11 is 0. The van der Waals surface area contributed by atoms with E-state index in [1.165, 1.54) is 31.2 Å². The molecule has 111 heavy (non-hydrogen) atoms. The van der Waals surface area contributed by atoms with Crippen molar-refractivity contribution < 1.29 is 99.7 Å². The number of alkyl carbamates (subject to hydrolysis) is 1. The second kappa shape index (κ2) is 38.4. The highest BCUT2D eigenvalue weighted by molar-refractivity contribution is 6.02. The Balaban J connectivity index is 0.586. The topological polar surface area (TPSA) is 366 Å². The van der Waals surface area contributed by atoms with Crippen molar-refractivity contribution >= 4 is 70.6 Å². The molecule has 9 N–H and O–H groups in total. The third kappa shape index (κ3) is 20.1. The largest absolute Gasteiger partial charge is 0.454 e. The third-order valence-corrected chi connectivity index (χ3v) is 21.7. The number of amides is 8. The SMILES string of the molecule is CCCC1O[C@@H]2C[C@H]3[C@@H]4C[C@H](F)C5=CC(=O)C=C[C@]5(C)[C@@]4(F)[C@@H](O)C[C@]3(C)[C@]2(C(=O)COC(=O)c2ccc(CNC(=O)OCc3ccc(NC(=O)[C@H](CCCNC(N)=O)NC(=O)[C@@H](NC(=O)CCOCCOCCOCCOCCNC(=O)CCC(=O)N4Cc5ccccc5C#Cc5ccccc54)C(C)C)cc3)cc2)O1. The lowest BCUT2D eigenvalue weighted by atomic mass is 9.44. The summed E-state index contributed by atoms with van der Waals surface area (Å²) in [6, 6.07) is 24.7. The first-order valence-electron chi connectivity index (χ1n) is 37.9. The van der Waals surface area contributed by atoms with Gasteiger partial charge in [0.2, 0.25) is 35.3 Å². The van der Waals surface area contributed by atoms with Crippen molar-refractivity contribution in [3.8, 4) is 11.8 Å². The first kappa shape index (κ1) is 83.7. The Labute approximate surface area is 643 Å². The number of hydrogen-bond donors (Lipinski definition) is 8. The van der Waals surface area contributed by atoms with Gasteiger partial charge in [-0.25, -0.2) is 23.2 Å². The monoisotopic (exact) mass is 1540 g/mol. The molecule has 0 bridgehead atoms. The number of nitrogens with one attached hydrogen (secondary N) is 6. The number of urea groups is 1. The number of benzene rings is 4. The number of esters is 1. The van der Waals surface area contributed by atoms with Gasteiger partial charge in [0.1, 0.15) is 24.9 Å². The van der Waals surface area contributed by atoms with E-state index in [9.17, 15) is 53.1 Å². The van der Waals surface area contributed by atoms with Crippen LogP contribution in [0.3, 0.4) is 0 Å². The number of hydrogen-bond acceptors (Lipinski definition) is 19. The predicted molar refractivity (Wildman–Crippen MR) is 401 cm³/mol. The summed E-state index contributed by atoms with van der Waals surface area (Å²) in [5.74, 6) is 0.141. The number of ether oxygens (including phenoxy) is 8. The van der Waals surface area contributed by atoms with Crippen LogP contribution in [0.4, 0.5) is 29.7 Å². The van der Waals surface area contributed by atoms with Gasteiger partial charge in [0, 0.05) is 72.5 Å². The van der Waals surface area contributed by atoms with Crippen LogP contribution in [0.2, 0.25) is 0 Å². The number of rotatable bonds is 38. The Morgan fingerprint density at radius 2 is 1.40 bits per heavy atom. The number of nitrogens with zero attached hydrogens (tertiary/aromatic N) is 1. The quantitative estimate of drug-likeness (QED) is 0.0123. The molecule has 4 fully saturated rings.